The van der Waals surface area contributed by atoms with Gasteiger partial charge < -0.3 is 5.11 Å². The lowest BCUT2D eigenvalue weighted by Gasteiger charge is -2.57. The minimum Gasteiger partial charge on any atom is -0.393 e. The van der Waals surface area contributed by atoms with E-state index in [0.29, 0.717) is 28.4 Å². The second-order valence-corrected chi connectivity index (χ2v) is 9.62. The van der Waals surface area contributed by atoms with Crippen LogP contribution in [0.15, 0.2) is 0 Å². The minimum absolute atomic E-state index is 0.110. The zero-order valence-electron chi connectivity index (χ0n) is 13.4. The summed E-state index contributed by atoms with van der Waals surface area (Å²) in [7, 11) is 0. The number of ketones is 1. The molecule has 8 atom stereocenters. The van der Waals surface area contributed by atoms with E-state index in [1.807, 2.05) is 0 Å². The Morgan fingerprint density at radius 2 is 1.90 bits per heavy atom. The molecule has 5 saturated carbocycles. The van der Waals surface area contributed by atoms with Gasteiger partial charge in [0.05, 0.1) is 6.10 Å². The Kier molecular flexibility index (Phi) is 2.23. The number of carbonyl (C=O) groups excluding carboxylic acids is 1. The average molecular weight is 288 g/mol. The molecule has 0 bridgehead atoms. The van der Waals surface area contributed by atoms with E-state index in [4.69, 9.17) is 0 Å². The second-order valence-electron chi connectivity index (χ2n) is 9.62. The molecule has 0 saturated heterocycles. The van der Waals surface area contributed by atoms with E-state index in [1.165, 1.54) is 32.1 Å². The Bertz CT molecular complexity index is 528. The van der Waals surface area contributed by atoms with Crippen molar-refractivity contribution in [3.63, 3.8) is 0 Å². The van der Waals surface area contributed by atoms with Gasteiger partial charge in [-0.2, -0.15) is 0 Å². The Morgan fingerprint density at radius 1 is 1.10 bits per heavy atom. The summed E-state index contributed by atoms with van der Waals surface area (Å²) in [6.45, 7) is 4.85. The van der Waals surface area contributed by atoms with Crippen LogP contribution in [0.1, 0.15) is 65.2 Å². The molecular formula is C19H28O2. The average Bonchev–Trinajstić information content (AvgIpc) is 2.97. The van der Waals surface area contributed by atoms with E-state index >= 15 is 0 Å². The number of carbonyl (C=O) groups is 1. The van der Waals surface area contributed by atoms with E-state index in [1.54, 1.807) is 0 Å². The molecular weight excluding hydrogens is 260 g/mol. The van der Waals surface area contributed by atoms with Crippen molar-refractivity contribution in [2.45, 2.75) is 71.3 Å². The summed E-state index contributed by atoms with van der Waals surface area (Å²) in [5, 5.41) is 10.2. The minimum atomic E-state index is -0.116. The smallest absolute Gasteiger partial charge is 0.140 e. The third-order valence-electron chi connectivity index (χ3n) is 9.06. The van der Waals surface area contributed by atoms with Crippen molar-refractivity contribution in [2.75, 3.05) is 0 Å². The molecule has 2 heteroatoms. The zero-order valence-corrected chi connectivity index (χ0v) is 13.4. The molecule has 1 N–H and O–H groups in total. The van der Waals surface area contributed by atoms with Gasteiger partial charge in [-0.15, -0.1) is 0 Å². The Hall–Kier alpha value is -0.370. The fourth-order valence-electron chi connectivity index (χ4n) is 8.03. The summed E-state index contributed by atoms with van der Waals surface area (Å²) >= 11 is 0. The van der Waals surface area contributed by atoms with Crippen LogP contribution in [-0.4, -0.2) is 17.0 Å². The van der Waals surface area contributed by atoms with Crippen molar-refractivity contribution in [3.05, 3.63) is 0 Å². The first-order valence-corrected chi connectivity index (χ1v) is 9.12. The highest BCUT2D eigenvalue weighted by molar-refractivity contribution is 5.91. The van der Waals surface area contributed by atoms with Crippen LogP contribution in [0.3, 0.4) is 0 Å². The normalized spacial score (nSPS) is 64.5. The van der Waals surface area contributed by atoms with Crippen LogP contribution < -0.4 is 0 Å². The molecule has 0 aromatic rings. The lowest BCUT2D eigenvalue weighted by Crippen LogP contribution is -2.54. The fourth-order valence-corrected chi connectivity index (χ4v) is 8.03. The molecule has 5 aliphatic rings. The maximum Gasteiger partial charge on any atom is 0.140 e. The molecule has 0 amide bonds. The monoisotopic (exact) mass is 288 g/mol. The number of aliphatic hydroxyl groups is 1. The first-order valence-electron chi connectivity index (χ1n) is 9.12. The van der Waals surface area contributed by atoms with Gasteiger partial charge in [0.1, 0.15) is 5.78 Å². The molecule has 1 spiro atoms. The lowest BCUT2D eigenvalue weighted by atomic mass is 9.46. The summed E-state index contributed by atoms with van der Waals surface area (Å²) in [5.74, 6) is 3.27. The van der Waals surface area contributed by atoms with Gasteiger partial charge in [0, 0.05) is 11.8 Å². The third-order valence-corrected chi connectivity index (χ3v) is 9.06. The molecule has 0 aliphatic heterocycles. The maximum absolute atomic E-state index is 13.0. The Morgan fingerprint density at radius 3 is 2.67 bits per heavy atom. The molecule has 0 radical (unpaired) electrons. The number of hydrogen-bond acceptors (Lipinski definition) is 2. The van der Waals surface area contributed by atoms with E-state index in [-0.39, 0.29) is 11.5 Å². The van der Waals surface area contributed by atoms with Crippen molar-refractivity contribution < 1.29 is 9.90 Å². The number of hydrogen-bond donors (Lipinski definition) is 1. The van der Waals surface area contributed by atoms with Gasteiger partial charge in [-0.1, -0.05) is 13.8 Å². The topological polar surface area (TPSA) is 37.3 Å². The summed E-state index contributed by atoms with van der Waals surface area (Å²) in [4.78, 5) is 13.0. The fraction of sp³-hybridized carbons (Fsp3) is 0.947. The van der Waals surface area contributed by atoms with Crippen molar-refractivity contribution >= 4 is 5.78 Å². The largest absolute Gasteiger partial charge is 0.393 e. The quantitative estimate of drug-likeness (QED) is 0.740. The number of Topliss-reactive ketones (excluding diaryl/α,β-unsaturated/α-hetero) is 1. The van der Waals surface area contributed by atoms with Crippen LogP contribution >= 0.6 is 0 Å². The molecule has 2 nitrogen and oxygen atoms in total. The number of aliphatic hydroxyl groups excluding tert-OH is 1. The lowest BCUT2D eigenvalue weighted by molar-refractivity contribution is -0.149. The van der Waals surface area contributed by atoms with E-state index in [2.05, 4.69) is 13.8 Å². The van der Waals surface area contributed by atoms with Gasteiger partial charge in [0.15, 0.2) is 0 Å². The van der Waals surface area contributed by atoms with Gasteiger partial charge in [0.2, 0.25) is 0 Å². The van der Waals surface area contributed by atoms with Gasteiger partial charge in [-0.05, 0) is 79.4 Å². The van der Waals surface area contributed by atoms with Crippen LogP contribution in [0.4, 0.5) is 0 Å². The van der Waals surface area contributed by atoms with Crippen molar-refractivity contribution in [3.8, 4) is 0 Å². The maximum atomic E-state index is 13.0. The highest BCUT2D eigenvalue weighted by atomic mass is 16.3. The van der Waals surface area contributed by atoms with Crippen LogP contribution in [0, 0.1) is 39.9 Å². The summed E-state index contributed by atoms with van der Waals surface area (Å²) in [6, 6.07) is 0. The van der Waals surface area contributed by atoms with E-state index < -0.39 is 0 Å². The van der Waals surface area contributed by atoms with Gasteiger partial charge >= 0.3 is 0 Å². The molecule has 0 unspecified atom stereocenters. The van der Waals surface area contributed by atoms with E-state index in [0.717, 1.165) is 31.1 Å². The number of rotatable bonds is 0. The predicted molar refractivity (Wildman–Crippen MR) is 80.6 cm³/mol. The van der Waals surface area contributed by atoms with Crippen molar-refractivity contribution in [1.82, 2.24) is 0 Å². The highest BCUT2D eigenvalue weighted by Crippen LogP contribution is 2.80. The van der Waals surface area contributed by atoms with Crippen molar-refractivity contribution in [2.24, 2.45) is 39.9 Å². The standard InChI is InChI=1S/C19H28O2/c1-17-5-4-14-13(15(17)7-12(20)10-17)8-16(21)19-9-11(19)3-6-18(14,19)2/h11-15,20H,3-10H2,1-2H3/t11-,12-,13-,14+,15+,17-,18-,19+/m1/s1. The Labute approximate surface area is 127 Å². The molecule has 21 heavy (non-hydrogen) atoms. The number of fused-ring (bicyclic) bond motifs is 4. The molecule has 0 aromatic carbocycles. The van der Waals surface area contributed by atoms with E-state index in [9.17, 15) is 9.90 Å². The molecule has 116 valence electrons. The third kappa shape index (κ3) is 1.30. The van der Waals surface area contributed by atoms with Gasteiger partial charge in [-0.3, -0.25) is 4.79 Å². The molecule has 0 aromatic heterocycles. The summed E-state index contributed by atoms with van der Waals surface area (Å²) in [5.41, 5.74) is 0.717. The molecule has 5 aliphatic carbocycles. The summed E-state index contributed by atoms with van der Waals surface area (Å²) in [6.07, 6.45) is 9.03. The Balaban J connectivity index is 1.56. The van der Waals surface area contributed by atoms with Gasteiger partial charge in [-0.25, -0.2) is 0 Å². The SMILES string of the molecule is C[C@]12CC[C@H]3[C@@H](CC(=O)[C@]45C[C@H]4CC[C@]35C)[C@@H]1C[C@@H](O)C2. The van der Waals surface area contributed by atoms with Crippen LogP contribution in [-0.2, 0) is 4.79 Å². The second kappa shape index (κ2) is 3.58. The molecule has 5 rings (SSSR count). The van der Waals surface area contributed by atoms with Crippen LogP contribution in [0.2, 0.25) is 0 Å². The van der Waals surface area contributed by atoms with Crippen molar-refractivity contribution in [1.29, 1.82) is 0 Å². The first kappa shape index (κ1) is 13.1. The predicted octanol–water partition coefficient (Wildman–Crippen LogP) is 3.57. The molecule has 0 heterocycles. The van der Waals surface area contributed by atoms with Crippen LogP contribution in [0.5, 0.6) is 0 Å². The highest BCUT2D eigenvalue weighted by Gasteiger charge is 2.77. The van der Waals surface area contributed by atoms with Gasteiger partial charge in [0.25, 0.3) is 0 Å². The molecule has 5 fully saturated rings. The van der Waals surface area contributed by atoms with Crippen LogP contribution in [0.25, 0.3) is 0 Å². The first-order chi connectivity index (χ1) is 9.91. The summed E-state index contributed by atoms with van der Waals surface area (Å²) < 4.78 is 0. The zero-order chi connectivity index (χ0) is 14.6.